The molecule has 0 unspecified atom stereocenters. The maximum absolute atomic E-state index is 9.88. The molecule has 2 nitrogen and oxygen atoms in total. The van der Waals surface area contributed by atoms with E-state index >= 15 is 0 Å². The van der Waals surface area contributed by atoms with Crippen LogP contribution in [0.3, 0.4) is 0 Å². The van der Waals surface area contributed by atoms with E-state index in [9.17, 15) is 5.11 Å². The molecule has 0 saturated heterocycles. The van der Waals surface area contributed by atoms with E-state index in [2.05, 4.69) is 4.98 Å². The maximum Gasteiger partial charge on any atom is 0.138 e. The number of hydrogen-bond acceptors (Lipinski definition) is 2. The summed E-state index contributed by atoms with van der Waals surface area (Å²) in [6.07, 6.45) is 3.59. The summed E-state index contributed by atoms with van der Waals surface area (Å²) in [6.45, 7) is 0. The van der Waals surface area contributed by atoms with Crippen molar-refractivity contribution in [3.05, 3.63) is 36.0 Å². The second-order valence-electron chi connectivity index (χ2n) is 4.21. The van der Waals surface area contributed by atoms with Gasteiger partial charge in [-0.05, 0) is 25.0 Å². The van der Waals surface area contributed by atoms with Crippen molar-refractivity contribution in [2.45, 2.75) is 25.2 Å². The molecule has 15 heavy (non-hydrogen) atoms. The highest BCUT2D eigenvalue weighted by Gasteiger charge is 2.23. The van der Waals surface area contributed by atoms with Gasteiger partial charge in [-0.2, -0.15) is 0 Å². The molecule has 1 N–H and O–H groups in total. The normalized spacial score (nSPS) is 16.5. The van der Waals surface area contributed by atoms with Gasteiger partial charge in [-0.3, -0.25) is 0 Å². The molecule has 1 fully saturated rings. The van der Waals surface area contributed by atoms with Crippen LogP contribution in [0.4, 0.5) is 0 Å². The fourth-order valence-electron chi connectivity index (χ4n) is 2.10. The van der Waals surface area contributed by atoms with Crippen LogP contribution in [0.5, 0.6) is 5.75 Å². The molecule has 0 bridgehead atoms. The Morgan fingerprint density at radius 3 is 2.73 bits per heavy atom. The summed E-state index contributed by atoms with van der Waals surface area (Å²) in [5.41, 5.74) is 1.87. The summed E-state index contributed by atoms with van der Waals surface area (Å²) >= 11 is 0. The zero-order chi connectivity index (χ0) is 10.3. The summed E-state index contributed by atoms with van der Waals surface area (Å²) in [5.74, 6) is 0.841. The van der Waals surface area contributed by atoms with Gasteiger partial charge in [-0.25, -0.2) is 4.98 Å². The average molecular weight is 199 g/mol. The van der Waals surface area contributed by atoms with Crippen LogP contribution in [0.2, 0.25) is 0 Å². The molecule has 1 aliphatic rings. The molecule has 2 heteroatoms. The van der Waals surface area contributed by atoms with Crippen LogP contribution in [0.25, 0.3) is 10.9 Å². The van der Waals surface area contributed by atoms with Crippen LogP contribution in [-0.2, 0) is 0 Å². The number of benzene rings is 1. The first-order chi connectivity index (χ1) is 7.34. The highest BCUT2D eigenvalue weighted by molar-refractivity contribution is 5.80. The molecule has 0 spiro atoms. The fraction of sp³-hybridized carbons (Fsp3) is 0.308. The molecule has 76 valence electrons. The molecule has 0 amide bonds. The Balaban J connectivity index is 2.17. The lowest BCUT2D eigenvalue weighted by atomic mass is 9.82. The van der Waals surface area contributed by atoms with Gasteiger partial charge in [0.15, 0.2) is 0 Å². The molecule has 1 aromatic heterocycles. The molecule has 2 aromatic rings. The third-order valence-corrected chi connectivity index (χ3v) is 3.22. The number of aromatic hydroxyl groups is 1. The first-order valence-electron chi connectivity index (χ1n) is 5.43. The molecular formula is C13H13NO. The predicted molar refractivity (Wildman–Crippen MR) is 60.0 cm³/mol. The van der Waals surface area contributed by atoms with E-state index in [1.54, 1.807) is 0 Å². The Kier molecular flexibility index (Phi) is 1.88. The Hall–Kier alpha value is -1.57. The highest BCUT2D eigenvalue weighted by atomic mass is 16.3. The summed E-state index contributed by atoms with van der Waals surface area (Å²) in [6, 6.07) is 9.75. The van der Waals surface area contributed by atoms with Gasteiger partial charge in [0.25, 0.3) is 0 Å². The minimum absolute atomic E-state index is 0.360. The quantitative estimate of drug-likeness (QED) is 0.765. The summed E-state index contributed by atoms with van der Waals surface area (Å²) < 4.78 is 0. The molecule has 0 atom stereocenters. The van der Waals surface area contributed by atoms with E-state index in [1.165, 1.54) is 19.3 Å². The third-order valence-electron chi connectivity index (χ3n) is 3.22. The zero-order valence-electron chi connectivity index (χ0n) is 8.48. The second kappa shape index (κ2) is 3.23. The number of pyridine rings is 1. The number of hydrogen-bond donors (Lipinski definition) is 1. The van der Waals surface area contributed by atoms with Crippen LogP contribution in [0.1, 0.15) is 30.9 Å². The summed E-state index contributed by atoms with van der Waals surface area (Å²) in [5, 5.41) is 10.9. The lowest BCUT2D eigenvalue weighted by Gasteiger charge is -2.25. The third kappa shape index (κ3) is 1.37. The van der Waals surface area contributed by atoms with Crippen molar-refractivity contribution >= 4 is 10.9 Å². The van der Waals surface area contributed by atoms with Crippen LogP contribution < -0.4 is 0 Å². The Labute approximate surface area is 88.6 Å². The van der Waals surface area contributed by atoms with E-state index in [1.807, 2.05) is 30.3 Å². The van der Waals surface area contributed by atoms with Crippen LogP contribution in [-0.4, -0.2) is 10.1 Å². The molecule has 1 saturated carbocycles. The Morgan fingerprint density at radius 1 is 1.20 bits per heavy atom. The minimum atomic E-state index is 0.360. The number of rotatable bonds is 1. The minimum Gasteiger partial charge on any atom is -0.506 e. The molecule has 1 aromatic carbocycles. The lowest BCUT2D eigenvalue weighted by molar-refractivity contribution is 0.385. The zero-order valence-corrected chi connectivity index (χ0v) is 8.48. The number of fused-ring (bicyclic) bond motifs is 1. The van der Waals surface area contributed by atoms with Gasteiger partial charge in [0.05, 0.1) is 11.2 Å². The van der Waals surface area contributed by atoms with E-state index in [0.717, 1.165) is 16.6 Å². The molecule has 1 heterocycles. The number of para-hydroxylation sites is 1. The van der Waals surface area contributed by atoms with Gasteiger partial charge >= 0.3 is 0 Å². The lowest BCUT2D eigenvalue weighted by Crippen LogP contribution is -2.10. The topological polar surface area (TPSA) is 33.1 Å². The molecule has 0 aliphatic heterocycles. The van der Waals surface area contributed by atoms with Crippen molar-refractivity contribution in [3.63, 3.8) is 0 Å². The van der Waals surface area contributed by atoms with E-state index in [-0.39, 0.29) is 0 Å². The summed E-state index contributed by atoms with van der Waals surface area (Å²) in [7, 11) is 0. The van der Waals surface area contributed by atoms with Gasteiger partial charge < -0.3 is 5.11 Å². The van der Waals surface area contributed by atoms with E-state index < -0.39 is 0 Å². The largest absolute Gasteiger partial charge is 0.506 e. The Morgan fingerprint density at radius 2 is 2.00 bits per heavy atom. The van der Waals surface area contributed by atoms with Gasteiger partial charge in [-0.15, -0.1) is 0 Å². The monoisotopic (exact) mass is 199 g/mol. The SMILES string of the molecule is Oc1cc2ccccc2nc1C1CCC1. The van der Waals surface area contributed by atoms with E-state index in [0.29, 0.717) is 11.7 Å². The first-order valence-corrected chi connectivity index (χ1v) is 5.43. The predicted octanol–water partition coefficient (Wildman–Crippen LogP) is 3.21. The van der Waals surface area contributed by atoms with Crippen LogP contribution in [0, 0.1) is 0 Å². The number of nitrogens with zero attached hydrogens (tertiary/aromatic N) is 1. The average Bonchev–Trinajstić information content (AvgIpc) is 2.16. The van der Waals surface area contributed by atoms with Crippen LogP contribution in [0.15, 0.2) is 30.3 Å². The molecule has 3 rings (SSSR count). The first kappa shape index (κ1) is 8.72. The van der Waals surface area contributed by atoms with Gasteiger partial charge in [0, 0.05) is 11.3 Å². The van der Waals surface area contributed by atoms with Crippen molar-refractivity contribution in [2.75, 3.05) is 0 Å². The Bertz CT molecular complexity index is 503. The van der Waals surface area contributed by atoms with Crippen molar-refractivity contribution in [3.8, 4) is 5.75 Å². The summed E-state index contributed by atoms with van der Waals surface area (Å²) in [4.78, 5) is 4.55. The van der Waals surface area contributed by atoms with Gasteiger partial charge in [-0.1, -0.05) is 24.6 Å². The van der Waals surface area contributed by atoms with Crippen molar-refractivity contribution < 1.29 is 5.11 Å². The van der Waals surface area contributed by atoms with Crippen molar-refractivity contribution in [1.82, 2.24) is 4.98 Å². The smallest absolute Gasteiger partial charge is 0.138 e. The number of aromatic nitrogens is 1. The van der Waals surface area contributed by atoms with Crippen molar-refractivity contribution in [1.29, 1.82) is 0 Å². The van der Waals surface area contributed by atoms with Gasteiger partial charge in [0.2, 0.25) is 0 Å². The second-order valence-corrected chi connectivity index (χ2v) is 4.21. The van der Waals surface area contributed by atoms with Gasteiger partial charge in [0.1, 0.15) is 5.75 Å². The maximum atomic E-state index is 9.88. The highest BCUT2D eigenvalue weighted by Crippen LogP contribution is 2.40. The molecule has 0 radical (unpaired) electrons. The standard InChI is InChI=1S/C13H13NO/c15-12-8-10-4-1-2-7-11(10)14-13(12)9-5-3-6-9/h1-2,4,7-9,15H,3,5-6H2. The van der Waals surface area contributed by atoms with Crippen LogP contribution >= 0.6 is 0 Å². The van der Waals surface area contributed by atoms with Crippen molar-refractivity contribution in [2.24, 2.45) is 0 Å². The molecule has 1 aliphatic carbocycles. The van der Waals surface area contributed by atoms with E-state index in [4.69, 9.17) is 0 Å². The fourth-order valence-corrected chi connectivity index (χ4v) is 2.10. The molecular weight excluding hydrogens is 186 g/mol.